The van der Waals surface area contributed by atoms with Crippen molar-refractivity contribution in [2.45, 2.75) is 258 Å². The summed E-state index contributed by atoms with van der Waals surface area (Å²) in [7, 11) is -11.0. The first-order chi connectivity index (χ1) is 48.8. The van der Waals surface area contributed by atoms with Crippen LogP contribution in [0.1, 0.15) is 181 Å². The van der Waals surface area contributed by atoms with Gasteiger partial charge in [-0.15, -0.1) is 0 Å². The topological polar surface area (TPSA) is 401 Å². The van der Waals surface area contributed by atoms with Gasteiger partial charge < -0.3 is 47.6 Å². The first-order valence-corrected chi connectivity index (χ1v) is 38.5. The Morgan fingerprint density at radius 1 is 0.524 bits per heavy atom. The monoisotopic (exact) mass is 1510 g/mol. The van der Waals surface area contributed by atoms with Gasteiger partial charge in [0.05, 0.1) is 36.6 Å². The highest BCUT2D eigenvalue weighted by Crippen LogP contribution is 2.61. The predicted molar refractivity (Wildman–Crippen MR) is 375 cm³/mol. The van der Waals surface area contributed by atoms with E-state index in [4.69, 9.17) is 74.9 Å². The molecule has 0 aromatic carbocycles. The summed E-state index contributed by atoms with van der Waals surface area (Å²) in [6.07, 6.45) is -3.66. The van der Waals surface area contributed by atoms with E-state index in [0.717, 1.165) is 0 Å². The fourth-order valence-electron chi connectivity index (χ4n) is 13.0. The lowest BCUT2D eigenvalue weighted by Crippen LogP contribution is -2.49. The molecule has 0 spiro atoms. The van der Waals surface area contributed by atoms with Crippen molar-refractivity contribution in [2.75, 3.05) is 39.5 Å². The number of aromatic amines is 4. The number of hydrogen-bond donors (Lipinski definition) is 5. The van der Waals surface area contributed by atoms with Crippen LogP contribution in [0, 0.1) is 47.4 Å². The summed E-state index contributed by atoms with van der Waals surface area (Å²) < 4.78 is 112. The lowest BCUT2D eigenvalue weighted by atomic mass is 9.87. The van der Waals surface area contributed by atoms with Crippen LogP contribution in [-0.4, -0.2) is 160 Å². The van der Waals surface area contributed by atoms with Crippen LogP contribution in [0.2, 0.25) is 0 Å². The second-order valence-corrected chi connectivity index (χ2v) is 30.5. The molecule has 4 aromatic heterocycles. The predicted octanol–water partition coefficient (Wildman–Crippen LogP) is 7.41. The van der Waals surface area contributed by atoms with Gasteiger partial charge in [0.15, 0.2) is 0 Å². The number of H-pyrrole nitrogens is 4. The van der Waals surface area contributed by atoms with Gasteiger partial charge in [0.2, 0.25) is 19.6 Å². The maximum atomic E-state index is 15.1. The van der Waals surface area contributed by atoms with Crippen LogP contribution in [0.5, 0.6) is 0 Å². The Balaban J connectivity index is 0.000000297. The van der Waals surface area contributed by atoms with Gasteiger partial charge in [0, 0.05) is 84.8 Å². The van der Waals surface area contributed by atoms with Gasteiger partial charge in [-0.2, -0.15) is 0 Å². The maximum Gasteiger partial charge on any atom is 0.476 e. The molecule has 0 amide bonds. The molecule has 5 N–H and O–H groups in total. The van der Waals surface area contributed by atoms with E-state index in [1.807, 2.05) is 55.4 Å². The summed E-state index contributed by atoms with van der Waals surface area (Å²) in [5, 5.41) is 11.2. The van der Waals surface area contributed by atoms with Gasteiger partial charge in [-0.3, -0.25) is 84.5 Å². The number of rotatable bonds is 34. The Hall–Kier alpha value is -6.48. The van der Waals surface area contributed by atoms with Crippen molar-refractivity contribution in [3.63, 3.8) is 0 Å². The van der Waals surface area contributed by atoms with Gasteiger partial charge in [0.1, 0.15) is 68.1 Å². The van der Waals surface area contributed by atoms with Crippen molar-refractivity contribution >= 4 is 24.2 Å². The van der Waals surface area contributed by atoms with Crippen molar-refractivity contribution in [2.24, 2.45) is 0 Å². The highest BCUT2D eigenvalue weighted by molar-refractivity contribution is 7.48. The number of phosphoric acid groups is 2. The zero-order valence-electron chi connectivity index (χ0n) is 60.6. The molecule has 103 heavy (non-hydrogen) atoms. The van der Waals surface area contributed by atoms with Crippen molar-refractivity contribution < 1.29 is 69.4 Å². The Morgan fingerprint density at radius 2 is 0.845 bits per heavy atom. The Bertz CT molecular complexity index is 4280. The molecule has 15 atom stereocenters. The minimum atomic E-state index is -4.64. The van der Waals surface area contributed by atoms with Gasteiger partial charge in [0.25, 0.3) is 30.8 Å². The van der Waals surface area contributed by atoms with E-state index < -0.39 is 154 Å². The largest absolute Gasteiger partial charge is 0.476 e. The number of hydrogen-bond acceptors (Lipinski definition) is 24. The van der Waals surface area contributed by atoms with Crippen molar-refractivity contribution in [1.82, 2.24) is 42.9 Å². The molecule has 4 aromatic rings. The Labute approximate surface area is 596 Å². The first-order valence-electron chi connectivity index (χ1n) is 34.5. The highest BCUT2D eigenvalue weighted by Gasteiger charge is 2.57. The Morgan fingerprint density at radius 3 is 1.18 bits per heavy atom. The summed E-state index contributed by atoms with van der Waals surface area (Å²) in [4.78, 5) is 118. The zero-order valence-corrected chi connectivity index (χ0v) is 63.2. The zero-order chi connectivity index (χ0) is 76.1. The van der Waals surface area contributed by atoms with Crippen LogP contribution in [0.25, 0.3) is 14.5 Å². The van der Waals surface area contributed by atoms with E-state index in [2.05, 4.69) is 39.1 Å². The van der Waals surface area contributed by atoms with Gasteiger partial charge >= 0.3 is 38.4 Å². The summed E-state index contributed by atoms with van der Waals surface area (Å²) in [6.45, 7) is 46.1. The van der Waals surface area contributed by atoms with Gasteiger partial charge in [-0.05, 0) is 93.9 Å². The molecule has 8 rings (SSSR count). The average molecular weight is 1510 g/mol. The molecular weight excluding hydrogens is 1410 g/mol. The van der Waals surface area contributed by atoms with E-state index in [1.165, 1.54) is 50.0 Å². The minimum absolute atomic E-state index is 0.0195. The number of nitrogens with one attached hydrogen (secondary N) is 4. The third-order valence-electron chi connectivity index (χ3n) is 18.5. The van der Waals surface area contributed by atoms with Gasteiger partial charge in [-0.1, -0.05) is 41.5 Å². The number of aliphatic hydroxyl groups excluding tert-OH is 1. The average Bonchev–Trinajstić information content (AvgIpc) is 1.66. The smallest absolute Gasteiger partial charge is 0.390 e. The van der Waals surface area contributed by atoms with Crippen LogP contribution >= 0.6 is 24.2 Å². The molecule has 0 saturated carbocycles. The molecule has 0 aliphatic carbocycles. The molecule has 8 heterocycles. The fourth-order valence-corrected chi connectivity index (χ4v) is 18.3. The quantitative estimate of drug-likeness (QED) is 0.0172. The van der Waals surface area contributed by atoms with Crippen molar-refractivity contribution in [1.29, 1.82) is 0 Å². The van der Waals surface area contributed by atoms with Crippen LogP contribution in [0.4, 0.5) is 0 Å². The summed E-state index contributed by atoms with van der Waals surface area (Å²) >= 11 is 0. The molecule has 4 aliphatic heterocycles. The maximum absolute atomic E-state index is 15.1. The normalized spacial score (nSPS) is 25.1. The third-order valence-corrected chi connectivity index (χ3v) is 23.9. The number of aryl methyl sites for hydroxylation is 4. The molecule has 35 nitrogen and oxygen atoms in total. The van der Waals surface area contributed by atoms with Crippen molar-refractivity contribution in [3.05, 3.63) is 165 Å². The lowest BCUT2D eigenvalue weighted by molar-refractivity contribution is -0.143. The summed E-state index contributed by atoms with van der Waals surface area (Å²) in [5.41, 5.74) is -6.64. The molecule has 0 bridgehead atoms. The van der Waals surface area contributed by atoms with Crippen molar-refractivity contribution in [3.8, 4) is 0 Å². The first kappa shape index (κ1) is 83.8. The molecule has 0 radical (unpaired) electrons. The lowest BCUT2D eigenvalue weighted by Gasteiger charge is -2.42. The van der Waals surface area contributed by atoms with E-state index >= 15 is 4.57 Å². The molecular formula is C65H97N12O23P3. The number of nitrogens with zero attached hydrogens (tertiary/aromatic N) is 8. The van der Waals surface area contributed by atoms with Crippen LogP contribution < -0.4 is 45.0 Å². The molecule has 4 fully saturated rings. The second-order valence-electron chi connectivity index (χ2n) is 26.0. The minimum Gasteiger partial charge on any atom is -0.390 e. The van der Waals surface area contributed by atoms with E-state index in [9.17, 15) is 48.0 Å². The number of aromatic nitrogens is 8. The standard InChI is InChI=1S/C37H57N7O12P2.C28H40N5O11P/c1-12-27-28(19-30(52-27)42-21-25(8)33(45)40-35(42)47)55-58(49,51-18-16-39-11)56-37(13-2,14-3)32-29(20-31(53-32)43-22-26(9)34(46)41-36(43)48)54-57(50-17-15-38-10)44(23(4)5)24(6)7;1-7-19-20(13-22(41-19)33-15-17(5)25(36)31-27(33)38)43-45(39,40-11-10-29-6)44-28(8-2,9-3)23-18(34)12-21(42-23)32-14-16(4)24(35)30-26(32)37/h21-24,27-32H,12-20H2,1-9H3,(H,40,45,47)(H,41,46,48);14-15,18-23,34H,7-13H2,1-5H3,(H,30,35,37)(H,31,36,38)/t27-,28-,29-,30-,31-,32+,57?,58?;18-,19-,20-,21-,22-,23+,45?/m11/s1. The molecule has 4 saturated heterocycles. The van der Waals surface area contributed by atoms with Gasteiger partial charge in [-0.25, -0.2) is 52.7 Å². The van der Waals surface area contributed by atoms with E-state index in [0.29, 0.717) is 24.0 Å². The third kappa shape index (κ3) is 20.0. The summed E-state index contributed by atoms with van der Waals surface area (Å²) in [5.74, 6) is 0. The molecule has 3 unspecified atom stereocenters. The van der Waals surface area contributed by atoms with E-state index in [-0.39, 0.29) is 114 Å². The van der Waals surface area contributed by atoms with E-state index in [1.54, 1.807) is 34.6 Å². The number of aliphatic hydroxyl groups is 1. The van der Waals surface area contributed by atoms with Crippen LogP contribution in [-0.2, 0) is 64.3 Å². The highest BCUT2D eigenvalue weighted by atomic mass is 31.2. The Kier molecular flexibility index (Phi) is 29.8. The number of ether oxygens (including phenoxy) is 4. The molecule has 38 heteroatoms. The molecule has 4 aliphatic rings. The fraction of sp³-hybridized carbons (Fsp3) is 0.708. The SMILES string of the molecule is [C-]#[N+]CCOP(=O)(O[C@@H]1C[C@H](n2cc(C)c(=O)[nH]c2=O)O[C@@H]1CC)OC(CC)(CC)[C@H]1O[C@@H](n2cc(C)c(=O)[nH]c2=O)C[C@H]1O.[C-]#[N+]CCOP(O[C@@H]1C[C@H](n2cc(C)c(=O)[nH]c2=O)O[C@@H]1C(CC)(CC)OP(=O)(OCC[N+]#[C-])O[C@@H]1C[C@H](n2cc(C)c(=O)[nH]c2=O)O[C@@H]1CC)N(C(C)C)C(C)C. The molecule has 570 valence electrons. The number of phosphoric ester groups is 2. The van der Waals surface area contributed by atoms with Crippen LogP contribution in [0.3, 0.4) is 0 Å². The summed E-state index contributed by atoms with van der Waals surface area (Å²) in [6, 6.07) is -0.0782. The second kappa shape index (κ2) is 36.7. The van der Waals surface area contributed by atoms with Crippen LogP contribution in [0.15, 0.2) is 63.1 Å².